The number of rotatable bonds is 7. The van der Waals surface area contributed by atoms with Gasteiger partial charge in [0, 0.05) is 13.7 Å². The van der Waals surface area contributed by atoms with Crippen molar-refractivity contribution in [2.24, 2.45) is 0 Å². The van der Waals surface area contributed by atoms with Crippen molar-refractivity contribution in [3.63, 3.8) is 0 Å². The summed E-state index contributed by atoms with van der Waals surface area (Å²) in [5.41, 5.74) is -0.366. The van der Waals surface area contributed by atoms with E-state index >= 15 is 0 Å². The maximum atomic E-state index is 12.8. The van der Waals surface area contributed by atoms with Crippen LogP contribution < -0.4 is 9.46 Å². The highest BCUT2D eigenvalue weighted by molar-refractivity contribution is 7.89. The Hall–Kier alpha value is -2.10. The molecule has 5 nitrogen and oxygen atoms in total. The quantitative estimate of drug-likeness (QED) is 0.789. The molecule has 0 aromatic heterocycles. The van der Waals surface area contributed by atoms with E-state index in [-0.39, 0.29) is 6.54 Å². The van der Waals surface area contributed by atoms with Crippen LogP contribution in [0.15, 0.2) is 53.4 Å². The molecule has 0 aliphatic rings. The number of hydrogen-bond donors (Lipinski definition) is 1. The molecular weight excluding hydrogens is 371 g/mol. The summed E-state index contributed by atoms with van der Waals surface area (Å²) in [7, 11) is -1.23. The Kier molecular flexibility index (Phi) is 6.27. The van der Waals surface area contributed by atoms with E-state index in [0.717, 1.165) is 18.2 Å². The van der Waals surface area contributed by atoms with Crippen LogP contribution >= 0.6 is 0 Å². The highest BCUT2D eigenvalue weighted by Gasteiger charge is 2.31. The maximum Gasteiger partial charge on any atom is 0.416 e. The normalized spacial score (nSPS) is 13.4. The number of ether oxygens (including phenoxy) is 2. The van der Waals surface area contributed by atoms with Crippen LogP contribution in [-0.4, -0.2) is 29.2 Å². The highest BCUT2D eigenvalue weighted by atomic mass is 32.2. The molecule has 1 atom stereocenters. The fourth-order valence-electron chi connectivity index (χ4n) is 2.29. The predicted octanol–water partition coefficient (Wildman–Crippen LogP) is 3.38. The van der Waals surface area contributed by atoms with Gasteiger partial charge < -0.3 is 9.47 Å². The van der Waals surface area contributed by atoms with E-state index in [1.807, 2.05) is 0 Å². The molecule has 2 aromatic carbocycles. The number of benzene rings is 2. The standard InChI is InChI=1S/C17H18F3NO4S/c1-24-14-7-3-5-12(9-14)16(25-2)11-21-26(22,23)15-8-4-6-13(10-15)17(18,19)20/h3-10,16,21H,11H2,1-2H3. The predicted molar refractivity (Wildman–Crippen MR) is 89.4 cm³/mol. The lowest BCUT2D eigenvalue weighted by molar-refractivity contribution is -0.137. The van der Waals surface area contributed by atoms with Crippen LogP contribution in [0.3, 0.4) is 0 Å². The molecule has 0 aliphatic heterocycles. The summed E-state index contributed by atoms with van der Waals surface area (Å²) in [6.45, 7) is -0.151. The second-order valence-corrected chi connectivity index (χ2v) is 7.15. The van der Waals surface area contributed by atoms with Gasteiger partial charge in [0.25, 0.3) is 0 Å². The van der Waals surface area contributed by atoms with Crippen LogP contribution in [0.5, 0.6) is 5.75 Å². The first-order valence-corrected chi connectivity index (χ1v) is 8.99. The minimum absolute atomic E-state index is 0.151. The van der Waals surface area contributed by atoms with Gasteiger partial charge in [0.2, 0.25) is 10.0 Å². The van der Waals surface area contributed by atoms with Crippen molar-refractivity contribution in [3.05, 3.63) is 59.7 Å². The van der Waals surface area contributed by atoms with E-state index in [9.17, 15) is 21.6 Å². The van der Waals surface area contributed by atoms with E-state index in [0.29, 0.717) is 17.4 Å². The van der Waals surface area contributed by atoms with Crippen LogP contribution in [0.1, 0.15) is 17.2 Å². The van der Waals surface area contributed by atoms with Crippen LogP contribution in [-0.2, 0) is 20.9 Å². The SMILES string of the molecule is COc1cccc(C(CNS(=O)(=O)c2cccc(C(F)(F)F)c2)OC)c1. The first-order chi connectivity index (χ1) is 12.2. The first kappa shape index (κ1) is 20.2. The van der Waals surface area contributed by atoms with Gasteiger partial charge in [-0.3, -0.25) is 0 Å². The Morgan fingerprint density at radius 3 is 2.38 bits per heavy atom. The number of sulfonamides is 1. The van der Waals surface area contributed by atoms with E-state index < -0.39 is 32.8 Å². The lowest BCUT2D eigenvalue weighted by Crippen LogP contribution is -2.29. The van der Waals surface area contributed by atoms with Crippen molar-refractivity contribution in [1.29, 1.82) is 0 Å². The lowest BCUT2D eigenvalue weighted by atomic mass is 10.1. The Morgan fingerprint density at radius 1 is 1.08 bits per heavy atom. The number of methoxy groups -OCH3 is 2. The monoisotopic (exact) mass is 389 g/mol. The zero-order valence-corrected chi connectivity index (χ0v) is 14.9. The van der Waals surface area contributed by atoms with Gasteiger partial charge in [-0.15, -0.1) is 0 Å². The summed E-state index contributed by atoms with van der Waals surface area (Å²) in [4.78, 5) is -0.465. The van der Waals surface area contributed by atoms with E-state index in [1.54, 1.807) is 24.3 Å². The molecule has 0 aliphatic carbocycles. The molecule has 0 fully saturated rings. The van der Waals surface area contributed by atoms with Gasteiger partial charge in [0.05, 0.1) is 23.7 Å². The molecule has 1 N–H and O–H groups in total. The van der Waals surface area contributed by atoms with E-state index in [1.165, 1.54) is 14.2 Å². The average molecular weight is 389 g/mol. The Bertz CT molecular complexity index is 853. The summed E-state index contributed by atoms with van der Waals surface area (Å²) in [6, 6.07) is 10.4. The van der Waals surface area contributed by atoms with Crippen molar-refractivity contribution in [3.8, 4) is 5.75 Å². The van der Waals surface area contributed by atoms with Crippen LogP contribution in [0.4, 0.5) is 13.2 Å². The third-order valence-electron chi connectivity index (χ3n) is 3.68. The lowest BCUT2D eigenvalue weighted by Gasteiger charge is -2.17. The Labute approximate surface area is 149 Å². The Balaban J connectivity index is 2.18. The molecule has 26 heavy (non-hydrogen) atoms. The second-order valence-electron chi connectivity index (χ2n) is 5.38. The van der Waals surface area contributed by atoms with Gasteiger partial charge in [-0.25, -0.2) is 13.1 Å². The van der Waals surface area contributed by atoms with Gasteiger partial charge in [0.1, 0.15) is 5.75 Å². The molecular formula is C17H18F3NO4S. The zero-order chi connectivity index (χ0) is 19.4. The maximum absolute atomic E-state index is 12.8. The zero-order valence-electron chi connectivity index (χ0n) is 14.1. The molecule has 0 heterocycles. The molecule has 142 valence electrons. The minimum Gasteiger partial charge on any atom is -0.497 e. The number of alkyl halides is 3. The molecule has 0 saturated heterocycles. The van der Waals surface area contributed by atoms with Crippen molar-refractivity contribution in [1.82, 2.24) is 4.72 Å². The van der Waals surface area contributed by atoms with Crippen molar-refractivity contribution in [2.45, 2.75) is 17.2 Å². The molecule has 0 spiro atoms. The second kappa shape index (κ2) is 8.07. The summed E-state index contributed by atoms with van der Waals surface area (Å²) < 4.78 is 75.6. The summed E-state index contributed by atoms with van der Waals surface area (Å²) in [5.74, 6) is 0.574. The molecule has 0 amide bonds. The van der Waals surface area contributed by atoms with E-state index in [4.69, 9.17) is 9.47 Å². The van der Waals surface area contributed by atoms with Gasteiger partial charge in [-0.2, -0.15) is 13.2 Å². The average Bonchev–Trinajstić information content (AvgIpc) is 2.62. The molecule has 2 aromatic rings. The van der Waals surface area contributed by atoms with Crippen LogP contribution in [0, 0.1) is 0 Å². The van der Waals surface area contributed by atoms with Gasteiger partial charge in [-0.1, -0.05) is 18.2 Å². The smallest absolute Gasteiger partial charge is 0.416 e. The largest absolute Gasteiger partial charge is 0.497 e. The molecule has 0 radical (unpaired) electrons. The van der Waals surface area contributed by atoms with Crippen LogP contribution in [0.25, 0.3) is 0 Å². The first-order valence-electron chi connectivity index (χ1n) is 7.51. The fraction of sp³-hybridized carbons (Fsp3) is 0.294. The number of halogens is 3. The van der Waals surface area contributed by atoms with Gasteiger partial charge in [0.15, 0.2) is 0 Å². The Morgan fingerprint density at radius 2 is 1.77 bits per heavy atom. The molecule has 9 heteroatoms. The topological polar surface area (TPSA) is 64.6 Å². The van der Waals surface area contributed by atoms with Crippen LogP contribution in [0.2, 0.25) is 0 Å². The minimum atomic E-state index is -4.62. The van der Waals surface area contributed by atoms with Gasteiger partial charge >= 0.3 is 6.18 Å². The number of nitrogens with one attached hydrogen (secondary N) is 1. The summed E-state index contributed by atoms with van der Waals surface area (Å²) >= 11 is 0. The van der Waals surface area contributed by atoms with E-state index in [2.05, 4.69) is 4.72 Å². The summed E-state index contributed by atoms with van der Waals surface area (Å²) in [6.07, 6.45) is -5.26. The molecule has 2 rings (SSSR count). The highest BCUT2D eigenvalue weighted by Crippen LogP contribution is 2.30. The van der Waals surface area contributed by atoms with Crippen molar-refractivity contribution >= 4 is 10.0 Å². The van der Waals surface area contributed by atoms with Crippen molar-refractivity contribution in [2.75, 3.05) is 20.8 Å². The molecule has 1 unspecified atom stereocenters. The molecule has 0 saturated carbocycles. The third-order valence-corrected chi connectivity index (χ3v) is 5.10. The number of hydrogen-bond acceptors (Lipinski definition) is 4. The fourth-order valence-corrected chi connectivity index (χ4v) is 3.36. The third kappa shape index (κ3) is 4.96. The molecule has 0 bridgehead atoms. The van der Waals surface area contributed by atoms with Crippen molar-refractivity contribution < 1.29 is 31.1 Å². The summed E-state index contributed by atoms with van der Waals surface area (Å²) in [5, 5.41) is 0. The van der Waals surface area contributed by atoms with Gasteiger partial charge in [-0.05, 0) is 35.9 Å².